The van der Waals surface area contributed by atoms with Crippen LogP contribution in [0.25, 0.3) is 6.08 Å². The van der Waals surface area contributed by atoms with Gasteiger partial charge >= 0.3 is 0 Å². The monoisotopic (exact) mass is 345 g/mol. The van der Waals surface area contributed by atoms with E-state index >= 15 is 0 Å². The van der Waals surface area contributed by atoms with Crippen LogP contribution in [-0.4, -0.2) is 10.9 Å². The Morgan fingerprint density at radius 2 is 1.88 bits per heavy atom. The smallest absolute Gasteiger partial charge is 0.257 e. The highest BCUT2D eigenvalue weighted by Gasteiger charge is 2.18. The van der Waals surface area contributed by atoms with Gasteiger partial charge in [-0.2, -0.15) is 5.26 Å². The first-order valence-corrected chi connectivity index (χ1v) is 8.55. The van der Waals surface area contributed by atoms with Crippen molar-refractivity contribution in [3.05, 3.63) is 82.9 Å². The minimum Gasteiger partial charge on any atom is -0.269 e. The van der Waals surface area contributed by atoms with Crippen molar-refractivity contribution in [3.8, 4) is 6.07 Å². The summed E-state index contributed by atoms with van der Waals surface area (Å²) in [7, 11) is 0. The number of aromatic nitrogens is 1. The zero-order valence-electron chi connectivity index (χ0n) is 13.6. The quantitative estimate of drug-likeness (QED) is 0.644. The molecule has 0 bridgehead atoms. The van der Waals surface area contributed by atoms with Gasteiger partial charge in [-0.1, -0.05) is 30.3 Å². The third kappa shape index (κ3) is 4.00. The molecule has 0 fully saturated rings. The van der Waals surface area contributed by atoms with Crippen molar-refractivity contribution in [2.24, 2.45) is 0 Å². The molecule has 0 N–H and O–H groups in total. The van der Waals surface area contributed by atoms with Gasteiger partial charge in [0, 0.05) is 11.5 Å². The molecular weight excluding hydrogens is 330 g/mol. The molecule has 1 heterocycles. The summed E-state index contributed by atoms with van der Waals surface area (Å²) >= 11 is 1.43. The molecule has 0 spiro atoms. The number of aryl methyl sites for hydroxylation is 1. The lowest BCUT2D eigenvalue weighted by molar-refractivity contribution is -0.113. The van der Waals surface area contributed by atoms with Crippen LogP contribution in [0.2, 0.25) is 0 Å². The van der Waals surface area contributed by atoms with E-state index in [9.17, 15) is 4.79 Å². The maximum atomic E-state index is 12.8. The molecule has 25 heavy (non-hydrogen) atoms. The Morgan fingerprint density at radius 1 is 1.16 bits per heavy atom. The molecule has 0 aliphatic heterocycles. The number of amides is 1. The number of rotatable bonds is 4. The number of carbonyl (C=O) groups is 1. The summed E-state index contributed by atoms with van der Waals surface area (Å²) in [6.07, 6.45) is 3.25. The lowest BCUT2D eigenvalue weighted by Gasteiger charge is -2.18. The number of para-hydroxylation sites is 1. The number of anilines is 2. The van der Waals surface area contributed by atoms with Gasteiger partial charge in [0.2, 0.25) is 0 Å². The Labute approximate surface area is 150 Å². The van der Waals surface area contributed by atoms with Crippen LogP contribution >= 0.6 is 11.3 Å². The van der Waals surface area contributed by atoms with E-state index in [1.165, 1.54) is 17.4 Å². The van der Waals surface area contributed by atoms with E-state index in [1.807, 2.05) is 54.8 Å². The van der Waals surface area contributed by atoms with E-state index in [-0.39, 0.29) is 5.91 Å². The first-order valence-electron chi connectivity index (χ1n) is 7.67. The summed E-state index contributed by atoms with van der Waals surface area (Å²) in [5, 5.41) is 11.4. The lowest BCUT2D eigenvalue weighted by Crippen LogP contribution is -2.23. The Bertz CT molecular complexity index is 937. The number of thiazole rings is 1. The summed E-state index contributed by atoms with van der Waals surface area (Å²) in [5.41, 5.74) is 3.10. The van der Waals surface area contributed by atoms with Crippen molar-refractivity contribution in [1.82, 2.24) is 4.98 Å². The van der Waals surface area contributed by atoms with Gasteiger partial charge in [0.05, 0.1) is 23.0 Å². The Hall–Kier alpha value is -3.23. The van der Waals surface area contributed by atoms with Crippen LogP contribution in [0.4, 0.5) is 10.8 Å². The second-order valence-electron chi connectivity index (χ2n) is 5.35. The maximum Gasteiger partial charge on any atom is 0.257 e. The summed E-state index contributed by atoms with van der Waals surface area (Å²) in [4.78, 5) is 18.8. The van der Waals surface area contributed by atoms with Gasteiger partial charge in [0.1, 0.15) is 0 Å². The largest absolute Gasteiger partial charge is 0.269 e. The van der Waals surface area contributed by atoms with Gasteiger partial charge in [0.15, 0.2) is 5.13 Å². The average Bonchev–Trinajstić information content (AvgIpc) is 3.07. The van der Waals surface area contributed by atoms with E-state index in [0.717, 1.165) is 16.9 Å². The van der Waals surface area contributed by atoms with Crippen LogP contribution < -0.4 is 4.90 Å². The predicted octanol–water partition coefficient (Wildman–Crippen LogP) is 4.70. The number of carbonyl (C=O) groups excluding carboxylic acids is 1. The van der Waals surface area contributed by atoms with Crippen LogP contribution in [0.3, 0.4) is 0 Å². The molecule has 5 heteroatoms. The van der Waals surface area contributed by atoms with Crippen molar-refractivity contribution in [2.75, 3.05) is 4.90 Å². The number of hydrogen-bond acceptors (Lipinski definition) is 4. The average molecular weight is 345 g/mol. The number of nitriles is 1. The fraction of sp³-hybridized carbons (Fsp3) is 0.0500. The number of hydrogen-bond donors (Lipinski definition) is 0. The molecule has 1 amide bonds. The second kappa shape index (κ2) is 7.56. The van der Waals surface area contributed by atoms with Crippen molar-refractivity contribution in [1.29, 1.82) is 5.26 Å². The molecule has 0 aliphatic carbocycles. The molecule has 1 aromatic heterocycles. The second-order valence-corrected chi connectivity index (χ2v) is 6.18. The fourth-order valence-electron chi connectivity index (χ4n) is 2.26. The topological polar surface area (TPSA) is 57.0 Å². The van der Waals surface area contributed by atoms with E-state index in [4.69, 9.17) is 5.26 Å². The highest BCUT2D eigenvalue weighted by molar-refractivity contribution is 7.14. The van der Waals surface area contributed by atoms with E-state index in [0.29, 0.717) is 10.7 Å². The standard InChI is InChI=1S/C20H15N3OS/c1-15-14-25-20(22-15)23(18-5-3-2-4-6-18)19(24)12-11-16-7-9-17(13-21)10-8-16/h2-12,14H,1H3/b12-11+. The summed E-state index contributed by atoms with van der Waals surface area (Å²) in [6, 6.07) is 18.6. The van der Waals surface area contributed by atoms with Crippen LogP contribution in [-0.2, 0) is 4.79 Å². The molecule has 0 saturated carbocycles. The summed E-state index contributed by atoms with van der Waals surface area (Å²) in [5.74, 6) is -0.176. The molecular formula is C20H15N3OS. The zero-order chi connectivity index (χ0) is 17.6. The van der Waals surface area contributed by atoms with Crippen molar-refractivity contribution < 1.29 is 4.79 Å². The molecule has 122 valence electrons. The minimum absolute atomic E-state index is 0.176. The van der Waals surface area contributed by atoms with E-state index < -0.39 is 0 Å². The first kappa shape index (κ1) is 16.6. The molecule has 3 aromatic rings. The third-order valence-electron chi connectivity index (χ3n) is 3.49. The van der Waals surface area contributed by atoms with Crippen molar-refractivity contribution in [2.45, 2.75) is 6.92 Å². The number of benzene rings is 2. The normalized spacial score (nSPS) is 10.6. The zero-order valence-corrected chi connectivity index (χ0v) is 14.4. The lowest BCUT2D eigenvalue weighted by atomic mass is 10.1. The van der Waals surface area contributed by atoms with Gasteiger partial charge in [0.25, 0.3) is 5.91 Å². The first-order chi connectivity index (χ1) is 12.2. The highest BCUT2D eigenvalue weighted by Crippen LogP contribution is 2.28. The van der Waals surface area contributed by atoms with Gasteiger partial charge in [-0.25, -0.2) is 4.98 Å². The SMILES string of the molecule is Cc1csc(N(C(=O)/C=C/c2ccc(C#N)cc2)c2ccccc2)n1. The van der Waals surface area contributed by atoms with Crippen molar-refractivity contribution >= 4 is 34.1 Å². The van der Waals surface area contributed by atoms with Gasteiger partial charge < -0.3 is 0 Å². The molecule has 0 atom stereocenters. The van der Waals surface area contributed by atoms with E-state index in [2.05, 4.69) is 11.1 Å². The highest BCUT2D eigenvalue weighted by atomic mass is 32.1. The molecule has 4 nitrogen and oxygen atoms in total. The molecule has 2 aromatic carbocycles. The summed E-state index contributed by atoms with van der Waals surface area (Å²) in [6.45, 7) is 1.90. The Balaban J connectivity index is 1.89. The maximum absolute atomic E-state index is 12.8. The fourth-order valence-corrected chi connectivity index (χ4v) is 3.09. The van der Waals surface area contributed by atoms with Crippen LogP contribution in [0.15, 0.2) is 66.1 Å². The van der Waals surface area contributed by atoms with Gasteiger partial charge in [-0.3, -0.25) is 9.69 Å². The molecule has 0 aliphatic rings. The summed E-state index contributed by atoms with van der Waals surface area (Å²) < 4.78 is 0. The Kier molecular flexibility index (Phi) is 5.03. The Morgan fingerprint density at radius 3 is 2.48 bits per heavy atom. The van der Waals surface area contributed by atoms with Gasteiger partial charge in [-0.05, 0) is 42.8 Å². The molecule has 0 saturated heterocycles. The van der Waals surface area contributed by atoms with Gasteiger partial charge in [-0.15, -0.1) is 11.3 Å². The molecule has 3 rings (SSSR count). The van der Waals surface area contributed by atoms with Crippen LogP contribution in [0, 0.1) is 18.3 Å². The van der Waals surface area contributed by atoms with Crippen molar-refractivity contribution in [3.63, 3.8) is 0 Å². The van der Waals surface area contributed by atoms with E-state index in [1.54, 1.807) is 23.1 Å². The minimum atomic E-state index is -0.176. The van der Waals surface area contributed by atoms with Crippen LogP contribution in [0.1, 0.15) is 16.8 Å². The predicted molar refractivity (Wildman–Crippen MR) is 101 cm³/mol. The number of nitrogens with zero attached hydrogens (tertiary/aromatic N) is 3. The molecule has 0 radical (unpaired) electrons. The van der Waals surface area contributed by atoms with Crippen LogP contribution in [0.5, 0.6) is 0 Å². The third-order valence-corrected chi connectivity index (χ3v) is 4.43. The molecule has 0 unspecified atom stereocenters.